The second kappa shape index (κ2) is 8.97. The van der Waals surface area contributed by atoms with Crippen LogP contribution in [0, 0.1) is 19.8 Å². The van der Waals surface area contributed by atoms with E-state index in [1.807, 2.05) is 6.92 Å². The average Bonchev–Trinajstić information content (AvgIpc) is 3.07. The Kier molecular flexibility index (Phi) is 6.57. The Bertz CT molecular complexity index is 1020. The van der Waals surface area contributed by atoms with Gasteiger partial charge in [-0.15, -0.1) is 0 Å². The minimum atomic E-state index is -3.71. The highest BCUT2D eigenvalue weighted by atomic mass is 32.2. The molecular formula is C20H26N4O5S. The molecule has 1 aromatic heterocycles. The minimum Gasteiger partial charge on any atom is -0.360 e. The molecule has 3 rings (SSSR count). The average molecular weight is 435 g/mol. The predicted octanol–water partition coefficient (Wildman–Crippen LogP) is 2.08. The van der Waals surface area contributed by atoms with Gasteiger partial charge in [-0.25, -0.2) is 8.42 Å². The molecule has 2 N–H and O–H groups in total. The number of carbonyl (C=O) groups is 2. The summed E-state index contributed by atoms with van der Waals surface area (Å²) < 4.78 is 32.2. The van der Waals surface area contributed by atoms with Crippen LogP contribution in [0.15, 0.2) is 33.7 Å². The molecule has 1 fully saturated rings. The van der Waals surface area contributed by atoms with Crippen LogP contribution >= 0.6 is 0 Å². The highest BCUT2D eigenvalue weighted by molar-refractivity contribution is 7.89. The van der Waals surface area contributed by atoms with E-state index in [4.69, 9.17) is 4.52 Å². The number of hydrogen-bond acceptors (Lipinski definition) is 6. The fraction of sp³-hybridized carbons (Fsp3) is 0.450. The van der Waals surface area contributed by atoms with Crippen molar-refractivity contribution in [2.45, 2.75) is 38.5 Å². The second-order valence-corrected chi connectivity index (χ2v) is 9.14. The molecular weight excluding hydrogens is 408 g/mol. The lowest BCUT2D eigenvalue weighted by atomic mass is 9.97. The van der Waals surface area contributed by atoms with Crippen molar-refractivity contribution in [1.29, 1.82) is 0 Å². The summed E-state index contributed by atoms with van der Waals surface area (Å²) in [6.45, 7) is 6.00. The van der Waals surface area contributed by atoms with Crippen molar-refractivity contribution < 1.29 is 22.5 Å². The van der Waals surface area contributed by atoms with Gasteiger partial charge in [0.25, 0.3) is 5.91 Å². The van der Waals surface area contributed by atoms with Gasteiger partial charge in [-0.1, -0.05) is 11.2 Å². The van der Waals surface area contributed by atoms with Crippen LogP contribution in [0.4, 0.5) is 5.69 Å². The first kappa shape index (κ1) is 22.0. The molecule has 0 bridgehead atoms. The number of hydrogen-bond donors (Lipinski definition) is 2. The van der Waals surface area contributed by atoms with Gasteiger partial charge in [0, 0.05) is 36.8 Å². The summed E-state index contributed by atoms with van der Waals surface area (Å²) in [6.07, 6.45) is 0.814. The third kappa shape index (κ3) is 4.54. The number of carbonyl (C=O) groups excluding carboxylic acids is 2. The van der Waals surface area contributed by atoms with E-state index in [9.17, 15) is 18.0 Å². The molecule has 0 saturated carbocycles. The quantitative estimate of drug-likeness (QED) is 0.718. The van der Waals surface area contributed by atoms with Crippen molar-refractivity contribution in [1.82, 2.24) is 14.8 Å². The fourth-order valence-corrected chi connectivity index (χ4v) is 5.34. The van der Waals surface area contributed by atoms with Gasteiger partial charge in [-0.05, 0) is 51.8 Å². The second-order valence-electron chi connectivity index (χ2n) is 7.26. The van der Waals surface area contributed by atoms with E-state index in [1.54, 1.807) is 38.1 Å². The number of aryl methyl sites for hydroxylation is 2. The van der Waals surface area contributed by atoms with Crippen LogP contribution in [0.1, 0.15) is 41.6 Å². The smallest absolute Gasteiger partial charge is 0.251 e. The van der Waals surface area contributed by atoms with E-state index in [2.05, 4.69) is 15.8 Å². The van der Waals surface area contributed by atoms with Crippen molar-refractivity contribution in [2.24, 2.45) is 5.92 Å². The number of anilines is 1. The van der Waals surface area contributed by atoms with Gasteiger partial charge in [0.15, 0.2) is 5.76 Å². The van der Waals surface area contributed by atoms with Crippen LogP contribution in [0.3, 0.4) is 0 Å². The Balaban J connectivity index is 1.62. The summed E-state index contributed by atoms with van der Waals surface area (Å²) in [5.74, 6) is -0.433. The lowest BCUT2D eigenvalue weighted by molar-refractivity contribution is -0.120. The molecule has 2 aromatic rings. The zero-order valence-corrected chi connectivity index (χ0v) is 18.1. The lowest BCUT2D eigenvalue weighted by Gasteiger charge is -2.30. The number of sulfonamides is 1. The van der Waals surface area contributed by atoms with Gasteiger partial charge in [-0.2, -0.15) is 4.31 Å². The van der Waals surface area contributed by atoms with Crippen LogP contribution in [-0.4, -0.2) is 49.3 Å². The SMILES string of the molecule is CCNC(=O)c1cccc(NC(=O)C2CCN(S(=O)(=O)c3c(C)noc3C)CC2)c1. The monoisotopic (exact) mass is 434 g/mol. The standard InChI is InChI=1S/C20H26N4O5S/c1-4-21-19(25)16-6-5-7-17(12-16)22-20(26)15-8-10-24(11-9-15)30(27,28)18-13(2)23-29-14(18)3/h5-7,12,15H,4,8-11H2,1-3H3,(H,21,25)(H,22,26). The Labute approximate surface area is 175 Å². The molecule has 2 heterocycles. The van der Waals surface area contributed by atoms with Crippen molar-refractivity contribution in [3.8, 4) is 0 Å². The molecule has 10 heteroatoms. The summed E-state index contributed by atoms with van der Waals surface area (Å²) in [7, 11) is -3.71. The summed E-state index contributed by atoms with van der Waals surface area (Å²) in [4.78, 5) is 24.7. The third-order valence-corrected chi connectivity index (χ3v) is 7.26. The summed E-state index contributed by atoms with van der Waals surface area (Å²) in [6, 6.07) is 6.73. The normalized spacial score (nSPS) is 15.7. The third-order valence-electron chi connectivity index (χ3n) is 5.12. The van der Waals surface area contributed by atoms with Crippen molar-refractivity contribution in [2.75, 3.05) is 25.0 Å². The molecule has 162 valence electrons. The van der Waals surface area contributed by atoms with Crippen molar-refractivity contribution in [3.63, 3.8) is 0 Å². The first-order valence-corrected chi connectivity index (χ1v) is 11.3. The van der Waals surface area contributed by atoms with Crippen molar-refractivity contribution >= 4 is 27.5 Å². The fourth-order valence-electron chi connectivity index (χ4n) is 3.58. The molecule has 0 atom stereocenters. The molecule has 0 aliphatic carbocycles. The van der Waals surface area contributed by atoms with Crippen LogP contribution < -0.4 is 10.6 Å². The Morgan fingerprint density at radius 3 is 2.53 bits per heavy atom. The number of nitrogens with zero attached hydrogens (tertiary/aromatic N) is 2. The minimum absolute atomic E-state index is 0.104. The number of benzene rings is 1. The Hall–Kier alpha value is -2.72. The molecule has 1 aromatic carbocycles. The molecule has 30 heavy (non-hydrogen) atoms. The van der Waals surface area contributed by atoms with Crippen LogP contribution in [0.25, 0.3) is 0 Å². The van der Waals surface area contributed by atoms with E-state index in [0.717, 1.165) is 0 Å². The maximum Gasteiger partial charge on any atom is 0.251 e. The summed E-state index contributed by atoms with van der Waals surface area (Å²) in [5, 5.41) is 9.28. The summed E-state index contributed by atoms with van der Waals surface area (Å²) >= 11 is 0. The molecule has 0 unspecified atom stereocenters. The maximum absolute atomic E-state index is 12.9. The Morgan fingerprint density at radius 2 is 1.93 bits per heavy atom. The van der Waals surface area contributed by atoms with E-state index >= 15 is 0 Å². The molecule has 1 aliphatic heterocycles. The van der Waals surface area contributed by atoms with Gasteiger partial charge < -0.3 is 15.2 Å². The lowest BCUT2D eigenvalue weighted by Crippen LogP contribution is -2.41. The maximum atomic E-state index is 12.9. The van der Waals surface area contributed by atoms with Crippen LogP contribution in [-0.2, 0) is 14.8 Å². The molecule has 0 spiro atoms. The highest BCUT2D eigenvalue weighted by Gasteiger charge is 2.35. The predicted molar refractivity (Wildman–Crippen MR) is 111 cm³/mol. The topological polar surface area (TPSA) is 122 Å². The van der Waals surface area contributed by atoms with Crippen LogP contribution in [0.5, 0.6) is 0 Å². The van der Waals surface area contributed by atoms with Gasteiger partial charge in [0.05, 0.1) is 0 Å². The number of piperidine rings is 1. The zero-order chi connectivity index (χ0) is 21.9. The van der Waals surface area contributed by atoms with E-state index in [1.165, 1.54) is 4.31 Å². The number of rotatable bonds is 6. The molecule has 1 saturated heterocycles. The zero-order valence-electron chi connectivity index (χ0n) is 17.3. The molecule has 2 amide bonds. The van der Waals surface area contributed by atoms with Crippen LogP contribution in [0.2, 0.25) is 0 Å². The molecule has 9 nitrogen and oxygen atoms in total. The summed E-state index contributed by atoms with van der Waals surface area (Å²) in [5.41, 5.74) is 1.34. The van der Waals surface area contributed by atoms with Gasteiger partial charge >= 0.3 is 0 Å². The highest BCUT2D eigenvalue weighted by Crippen LogP contribution is 2.28. The number of aromatic nitrogens is 1. The van der Waals surface area contributed by atoms with Gasteiger partial charge in [0.1, 0.15) is 10.6 Å². The number of amides is 2. The Morgan fingerprint density at radius 1 is 1.23 bits per heavy atom. The number of nitrogens with one attached hydrogen (secondary N) is 2. The van der Waals surface area contributed by atoms with Crippen molar-refractivity contribution in [3.05, 3.63) is 41.3 Å². The van der Waals surface area contributed by atoms with Gasteiger partial charge in [0.2, 0.25) is 15.9 Å². The van der Waals surface area contributed by atoms with E-state index < -0.39 is 10.0 Å². The molecule has 0 radical (unpaired) electrons. The van der Waals surface area contributed by atoms with E-state index in [0.29, 0.717) is 36.3 Å². The first-order valence-electron chi connectivity index (χ1n) is 9.86. The largest absolute Gasteiger partial charge is 0.360 e. The molecule has 1 aliphatic rings. The first-order chi connectivity index (χ1) is 14.2. The van der Waals surface area contributed by atoms with E-state index in [-0.39, 0.29) is 41.5 Å². The van der Waals surface area contributed by atoms with Gasteiger partial charge in [-0.3, -0.25) is 9.59 Å².